The fourth-order valence-electron chi connectivity index (χ4n) is 0.911. The van der Waals surface area contributed by atoms with Gasteiger partial charge in [-0.1, -0.05) is 0 Å². The maximum Gasteiger partial charge on any atom is 0.247 e. The quantitative estimate of drug-likeness (QED) is 0.741. The van der Waals surface area contributed by atoms with Crippen molar-refractivity contribution in [3.05, 3.63) is 19.2 Å². The molecule has 4 nitrogen and oxygen atoms in total. The minimum atomic E-state index is -1.13. The normalized spacial score (nSPS) is 12.7. The molecule has 0 aromatic carbocycles. The predicted molar refractivity (Wildman–Crippen MR) is 66.6 cm³/mol. The summed E-state index contributed by atoms with van der Waals surface area (Å²) >= 11 is 8.34. The maximum atomic E-state index is 10.5. The SMILES string of the molecule is NC(=O)C(O)CNCc1cc(Br)c(Br)s1. The van der Waals surface area contributed by atoms with E-state index in [2.05, 4.69) is 37.2 Å². The lowest BCUT2D eigenvalue weighted by molar-refractivity contribution is -0.125. The second kappa shape index (κ2) is 5.95. The van der Waals surface area contributed by atoms with Crippen LogP contribution in [0, 0.1) is 0 Å². The lowest BCUT2D eigenvalue weighted by Crippen LogP contribution is -2.37. The standard InChI is InChI=1S/C8H10Br2N2O2S/c9-5-1-4(15-7(5)10)2-12-3-6(13)8(11)14/h1,6,12-13H,2-3H2,(H2,11,14). The number of nitrogens with two attached hydrogens (primary N) is 1. The Balaban J connectivity index is 2.35. The van der Waals surface area contributed by atoms with Crippen molar-refractivity contribution >= 4 is 49.1 Å². The van der Waals surface area contributed by atoms with Gasteiger partial charge in [-0.3, -0.25) is 4.79 Å². The molecule has 0 aliphatic heterocycles. The number of halogens is 2. The first kappa shape index (κ1) is 13.1. The van der Waals surface area contributed by atoms with Crippen LogP contribution in [0.25, 0.3) is 0 Å². The largest absolute Gasteiger partial charge is 0.382 e. The van der Waals surface area contributed by atoms with Crippen LogP contribution in [0.1, 0.15) is 4.88 Å². The summed E-state index contributed by atoms with van der Waals surface area (Å²) in [6, 6.07) is 1.97. The van der Waals surface area contributed by atoms with E-state index < -0.39 is 12.0 Å². The number of thiophene rings is 1. The molecule has 0 bridgehead atoms. The second-order valence-corrected chi connectivity index (χ2v) is 6.19. The predicted octanol–water partition coefficient (Wildman–Crippen LogP) is 1.21. The third-order valence-corrected chi connectivity index (χ3v) is 4.92. The van der Waals surface area contributed by atoms with E-state index in [4.69, 9.17) is 10.8 Å². The van der Waals surface area contributed by atoms with Gasteiger partial charge in [0.25, 0.3) is 0 Å². The topological polar surface area (TPSA) is 75.4 Å². The van der Waals surface area contributed by atoms with Gasteiger partial charge in [-0.05, 0) is 37.9 Å². The smallest absolute Gasteiger partial charge is 0.247 e. The van der Waals surface area contributed by atoms with E-state index in [1.165, 1.54) is 0 Å². The monoisotopic (exact) mass is 356 g/mol. The Morgan fingerprint density at radius 2 is 2.33 bits per heavy atom. The van der Waals surface area contributed by atoms with Crippen molar-refractivity contribution in [3.8, 4) is 0 Å². The van der Waals surface area contributed by atoms with Gasteiger partial charge in [-0.15, -0.1) is 11.3 Å². The molecule has 0 radical (unpaired) electrons. The van der Waals surface area contributed by atoms with Gasteiger partial charge >= 0.3 is 0 Å². The van der Waals surface area contributed by atoms with Gasteiger partial charge in [0.05, 0.1) is 3.79 Å². The fourth-order valence-corrected chi connectivity index (χ4v) is 3.06. The van der Waals surface area contributed by atoms with Crippen LogP contribution in [-0.2, 0) is 11.3 Å². The van der Waals surface area contributed by atoms with Gasteiger partial charge < -0.3 is 16.2 Å². The molecule has 1 atom stereocenters. The van der Waals surface area contributed by atoms with Crippen molar-refractivity contribution in [2.75, 3.05) is 6.54 Å². The van der Waals surface area contributed by atoms with Crippen LogP contribution < -0.4 is 11.1 Å². The third kappa shape index (κ3) is 4.20. The molecular formula is C8H10Br2N2O2S. The highest BCUT2D eigenvalue weighted by molar-refractivity contribution is 9.13. The van der Waals surface area contributed by atoms with Crippen molar-refractivity contribution in [3.63, 3.8) is 0 Å². The number of carbonyl (C=O) groups excluding carboxylic acids is 1. The number of hydrogen-bond acceptors (Lipinski definition) is 4. The molecule has 1 aromatic rings. The first-order valence-electron chi connectivity index (χ1n) is 4.12. The lowest BCUT2D eigenvalue weighted by Gasteiger charge is -2.06. The zero-order valence-electron chi connectivity index (χ0n) is 7.67. The molecule has 1 unspecified atom stereocenters. The average Bonchev–Trinajstić information content (AvgIpc) is 2.46. The van der Waals surface area contributed by atoms with Gasteiger partial charge in [0.1, 0.15) is 6.10 Å². The van der Waals surface area contributed by atoms with E-state index in [9.17, 15) is 4.79 Å². The number of carbonyl (C=O) groups is 1. The number of nitrogens with one attached hydrogen (secondary N) is 1. The van der Waals surface area contributed by atoms with Gasteiger partial charge in [0, 0.05) is 22.4 Å². The minimum Gasteiger partial charge on any atom is -0.382 e. The van der Waals surface area contributed by atoms with Gasteiger partial charge in [-0.25, -0.2) is 0 Å². The molecule has 1 amide bonds. The fraction of sp³-hybridized carbons (Fsp3) is 0.375. The molecular weight excluding hydrogens is 348 g/mol. The highest BCUT2D eigenvalue weighted by atomic mass is 79.9. The molecule has 15 heavy (non-hydrogen) atoms. The Morgan fingerprint density at radius 3 is 2.80 bits per heavy atom. The first-order chi connectivity index (χ1) is 7.00. The number of hydrogen-bond donors (Lipinski definition) is 3. The van der Waals surface area contributed by atoms with Gasteiger partial charge in [0.15, 0.2) is 0 Å². The van der Waals surface area contributed by atoms with Crippen LogP contribution in [0.5, 0.6) is 0 Å². The van der Waals surface area contributed by atoms with Crippen LogP contribution in [0.3, 0.4) is 0 Å². The maximum absolute atomic E-state index is 10.5. The number of primary amides is 1. The summed E-state index contributed by atoms with van der Waals surface area (Å²) in [6.45, 7) is 0.766. The Morgan fingerprint density at radius 1 is 1.67 bits per heavy atom. The Labute approximate surface area is 108 Å². The zero-order valence-corrected chi connectivity index (χ0v) is 11.7. The average molecular weight is 358 g/mol. The second-order valence-electron chi connectivity index (χ2n) is 2.88. The molecule has 0 saturated heterocycles. The summed E-state index contributed by atoms with van der Waals surface area (Å²) in [6.07, 6.45) is -1.13. The zero-order chi connectivity index (χ0) is 11.4. The minimum absolute atomic E-state index is 0.169. The van der Waals surface area contributed by atoms with Crippen LogP contribution in [0.15, 0.2) is 14.3 Å². The molecule has 0 aliphatic rings. The summed E-state index contributed by atoms with van der Waals surface area (Å²) in [5.41, 5.74) is 4.90. The van der Waals surface area contributed by atoms with Crippen molar-refractivity contribution in [1.29, 1.82) is 0 Å². The molecule has 84 valence electrons. The lowest BCUT2D eigenvalue weighted by atomic mass is 10.3. The van der Waals surface area contributed by atoms with E-state index in [0.29, 0.717) is 6.54 Å². The molecule has 1 heterocycles. The van der Waals surface area contributed by atoms with Crippen LogP contribution >= 0.6 is 43.2 Å². The van der Waals surface area contributed by atoms with E-state index >= 15 is 0 Å². The number of aliphatic hydroxyl groups excluding tert-OH is 1. The van der Waals surface area contributed by atoms with Crippen molar-refractivity contribution in [1.82, 2.24) is 5.32 Å². The van der Waals surface area contributed by atoms with Crippen LogP contribution in [0.2, 0.25) is 0 Å². The van der Waals surface area contributed by atoms with E-state index in [0.717, 1.165) is 13.1 Å². The molecule has 0 saturated carbocycles. The summed E-state index contributed by atoms with van der Waals surface area (Å²) in [7, 11) is 0. The van der Waals surface area contributed by atoms with Gasteiger partial charge in [0.2, 0.25) is 5.91 Å². The highest BCUT2D eigenvalue weighted by Crippen LogP contribution is 2.32. The summed E-state index contributed by atoms with van der Waals surface area (Å²) < 4.78 is 2.02. The van der Waals surface area contributed by atoms with Crippen molar-refractivity contribution in [2.45, 2.75) is 12.6 Å². The first-order valence-corrected chi connectivity index (χ1v) is 6.52. The summed E-state index contributed by atoms with van der Waals surface area (Å²) in [5.74, 6) is -0.712. The van der Waals surface area contributed by atoms with Crippen molar-refractivity contribution < 1.29 is 9.90 Å². The highest BCUT2D eigenvalue weighted by Gasteiger charge is 2.10. The van der Waals surface area contributed by atoms with E-state index in [1.807, 2.05) is 6.07 Å². The molecule has 1 aromatic heterocycles. The number of rotatable bonds is 5. The third-order valence-electron chi connectivity index (χ3n) is 1.66. The van der Waals surface area contributed by atoms with Crippen LogP contribution in [0.4, 0.5) is 0 Å². The van der Waals surface area contributed by atoms with E-state index in [-0.39, 0.29) is 6.54 Å². The van der Waals surface area contributed by atoms with Gasteiger partial charge in [-0.2, -0.15) is 0 Å². The summed E-state index contributed by atoms with van der Waals surface area (Å²) in [4.78, 5) is 11.6. The molecule has 4 N–H and O–H groups in total. The van der Waals surface area contributed by atoms with Crippen LogP contribution in [-0.4, -0.2) is 23.7 Å². The number of amides is 1. The summed E-state index contributed by atoms with van der Waals surface area (Å²) in [5, 5.41) is 12.1. The molecule has 7 heteroatoms. The van der Waals surface area contributed by atoms with Crippen molar-refractivity contribution in [2.24, 2.45) is 5.73 Å². The number of aliphatic hydroxyl groups is 1. The molecule has 0 aliphatic carbocycles. The molecule has 0 fully saturated rings. The Kier molecular flexibility index (Phi) is 5.20. The molecule has 0 spiro atoms. The Bertz CT molecular complexity index is 337. The van der Waals surface area contributed by atoms with E-state index in [1.54, 1.807) is 11.3 Å². The molecule has 1 rings (SSSR count). The Hall–Kier alpha value is 0.0500.